The average molecular weight is 331 g/mol. The van der Waals surface area contributed by atoms with E-state index in [9.17, 15) is 0 Å². The minimum atomic E-state index is 0.583. The number of aryl methyl sites for hydroxylation is 2. The number of hydrogen-bond acceptors (Lipinski definition) is 4. The summed E-state index contributed by atoms with van der Waals surface area (Å²) in [5.41, 5.74) is 2.18. The minimum absolute atomic E-state index is 0.583. The number of rotatable bonds is 7. The maximum atomic E-state index is 4.61. The van der Waals surface area contributed by atoms with Crippen LogP contribution >= 0.6 is 11.3 Å². The molecule has 2 heterocycles. The third-order valence-corrected chi connectivity index (χ3v) is 4.63. The van der Waals surface area contributed by atoms with E-state index in [0.29, 0.717) is 6.54 Å². The van der Waals surface area contributed by atoms with Crippen LogP contribution in [0.15, 0.2) is 29.5 Å². The van der Waals surface area contributed by atoms with Gasteiger partial charge < -0.3 is 10.6 Å². The van der Waals surface area contributed by atoms with Crippen LogP contribution in [0, 0.1) is 6.92 Å². The van der Waals surface area contributed by atoms with Crippen molar-refractivity contribution in [1.29, 1.82) is 0 Å². The van der Waals surface area contributed by atoms with Gasteiger partial charge in [-0.2, -0.15) is 0 Å². The second kappa shape index (κ2) is 9.25. The summed E-state index contributed by atoms with van der Waals surface area (Å²) in [7, 11) is 0. The van der Waals surface area contributed by atoms with Crippen LogP contribution in [0.1, 0.15) is 35.0 Å². The lowest BCUT2D eigenvalue weighted by molar-refractivity contribution is 0.793. The Balaban J connectivity index is 1.87. The zero-order chi connectivity index (χ0) is 16.5. The predicted molar refractivity (Wildman–Crippen MR) is 97.0 cm³/mol. The number of hydrogen-bond donors (Lipinski definition) is 2. The van der Waals surface area contributed by atoms with Gasteiger partial charge in [0.25, 0.3) is 0 Å². The number of aromatic nitrogens is 2. The Bertz CT molecular complexity index is 635. The van der Waals surface area contributed by atoms with Gasteiger partial charge in [-0.05, 0) is 31.9 Å². The van der Waals surface area contributed by atoms with Gasteiger partial charge in [-0.1, -0.05) is 13.0 Å². The summed E-state index contributed by atoms with van der Waals surface area (Å²) in [5, 5.41) is 7.81. The highest BCUT2D eigenvalue weighted by Gasteiger charge is 2.03. The first-order valence-corrected chi connectivity index (χ1v) is 8.90. The molecule has 5 nitrogen and oxygen atoms in total. The summed E-state index contributed by atoms with van der Waals surface area (Å²) in [5.74, 6) is 0.824. The molecule has 124 valence electrons. The van der Waals surface area contributed by atoms with Gasteiger partial charge in [0.2, 0.25) is 0 Å². The molecular weight excluding hydrogens is 306 g/mol. The van der Waals surface area contributed by atoms with Crippen LogP contribution in [0.5, 0.6) is 0 Å². The lowest BCUT2D eigenvalue weighted by Gasteiger charge is -2.11. The summed E-state index contributed by atoms with van der Waals surface area (Å²) in [6.45, 7) is 8.53. The summed E-state index contributed by atoms with van der Waals surface area (Å²) in [4.78, 5) is 14.8. The molecule has 0 aromatic carbocycles. The van der Waals surface area contributed by atoms with Crippen molar-refractivity contribution in [3.8, 4) is 0 Å². The molecule has 0 spiro atoms. The SMILES string of the molecule is CCNC(=NCc1ncccc1C)NCCc1ncc(CC)s1. The van der Waals surface area contributed by atoms with Crippen molar-refractivity contribution in [2.45, 2.75) is 40.2 Å². The monoisotopic (exact) mass is 331 g/mol. The van der Waals surface area contributed by atoms with Crippen LogP contribution in [-0.2, 0) is 19.4 Å². The van der Waals surface area contributed by atoms with Crippen molar-refractivity contribution in [2.75, 3.05) is 13.1 Å². The van der Waals surface area contributed by atoms with E-state index in [1.165, 1.54) is 15.4 Å². The summed E-state index contributed by atoms with van der Waals surface area (Å²) in [6.07, 6.45) is 5.76. The van der Waals surface area contributed by atoms with Gasteiger partial charge in [0.05, 0.1) is 17.2 Å². The van der Waals surface area contributed by atoms with Crippen LogP contribution < -0.4 is 10.6 Å². The molecule has 0 aliphatic carbocycles. The molecule has 0 aliphatic rings. The largest absolute Gasteiger partial charge is 0.357 e. The molecule has 0 fully saturated rings. The fraction of sp³-hybridized carbons (Fsp3) is 0.471. The van der Waals surface area contributed by atoms with E-state index in [4.69, 9.17) is 0 Å². The normalized spacial score (nSPS) is 11.5. The van der Waals surface area contributed by atoms with E-state index >= 15 is 0 Å². The molecule has 23 heavy (non-hydrogen) atoms. The van der Waals surface area contributed by atoms with Gasteiger partial charge in [-0.25, -0.2) is 9.98 Å². The van der Waals surface area contributed by atoms with Crippen molar-refractivity contribution in [1.82, 2.24) is 20.6 Å². The zero-order valence-electron chi connectivity index (χ0n) is 14.1. The molecule has 0 aliphatic heterocycles. The second-order valence-electron chi connectivity index (χ2n) is 5.21. The number of pyridine rings is 1. The van der Waals surface area contributed by atoms with E-state index in [1.807, 2.05) is 18.5 Å². The molecule has 0 saturated heterocycles. The molecule has 0 amide bonds. The molecule has 0 radical (unpaired) electrons. The molecule has 0 saturated carbocycles. The highest BCUT2D eigenvalue weighted by atomic mass is 32.1. The number of guanidine groups is 1. The van der Waals surface area contributed by atoms with E-state index in [-0.39, 0.29) is 0 Å². The fourth-order valence-corrected chi connectivity index (χ4v) is 2.96. The van der Waals surface area contributed by atoms with Crippen LogP contribution in [0.25, 0.3) is 0 Å². The van der Waals surface area contributed by atoms with Crippen LogP contribution in [0.2, 0.25) is 0 Å². The first kappa shape index (κ1) is 17.4. The third kappa shape index (κ3) is 5.63. The van der Waals surface area contributed by atoms with Gasteiger partial charge in [0, 0.05) is 36.8 Å². The maximum Gasteiger partial charge on any atom is 0.191 e. The summed E-state index contributed by atoms with van der Waals surface area (Å²) in [6, 6.07) is 4.01. The Labute approximate surface area is 142 Å². The lowest BCUT2D eigenvalue weighted by atomic mass is 10.2. The standard InChI is InChI=1S/C17H25N5S/c1-4-14-11-21-16(23-14)8-10-20-17(18-5-2)22-12-15-13(3)7-6-9-19-15/h6-7,9,11H,4-5,8,10,12H2,1-3H3,(H2,18,20,22). The van der Waals surface area contributed by atoms with Crippen molar-refractivity contribution >= 4 is 17.3 Å². The molecule has 0 bridgehead atoms. The lowest BCUT2D eigenvalue weighted by Crippen LogP contribution is -2.38. The van der Waals surface area contributed by atoms with Crippen LogP contribution in [0.4, 0.5) is 0 Å². The summed E-state index contributed by atoms with van der Waals surface area (Å²) < 4.78 is 0. The van der Waals surface area contributed by atoms with Crippen molar-refractivity contribution in [2.24, 2.45) is 4.99 Å². The Hall–Kier alpha value is -1.95. The van der Waals surface area contributed by atoms with Gasteiger partial charge >= 0.3 is 0 Å². The molecular formula is C17H25N5S. The van der Waals surface area contributed by atoms with Crippen LogP contribution in [0.3, 0.4) is 0 Å². The smallest absolute Gasteiger partial charge is 0.191 e. The fourth-order valence-electron chi connectivity index (χ4n) is 2.09. The van der Waals surface area contributed by atoms with E-state index in [0.717, 1.165) is 37.6 Å². The van der Waals surface area contributed by atoms with Gasteiger partial charge in [0.1, 0.15) is 0 Å². The molecule has 0 atom stereocenters. The zero-order valence-corrected chi connectivity index (χ0v) is 14.9. The molecule has 2 aromatic heterocycles. The number of aliphatic imine (C=N–C) groups is 1. The maximum absolute atomic E-state index is 4.61. The highest BCUT2D eigenvalue weighted by molar-refractivity contribution is 7.11. The van der Waals surface area contributed by atoms with E-state index in [2.05, 4.69) is 52.4 Å². The second-order valence-corrected chi connectivity index (χ2v) is 6.41. The quantitative estimate of drug-likeness (QED) is 0.605. The van der Waals surface area contributed by atoms with Crippen molar-refractivity contribution in [3.63, 3.8) is 0 Å². The predicted octanol–water partition coefficient (Wildman–Crippen LogP) is 2.71. The molecule has 0 unspecified atom stereocenters. The highest BCUT2D eigenvalue weighted by Crippen LogP contribution is 2.13. The Kier molecular flexibility index (Phi) is 7.00. The van der Waals surface area contributed by atoms with E-state index < -0.39 is 0 Å². The van der Waals surface area contributed by atoms with Gasteiger partial charge in [0.15, 0.2) is 5.96 Å². The number of thiazole rings is 1. The Morgan fingerprint density at radius 3 is 2.83 bits per heavy atom. The topological polar surface area (TPSA) is 62.2 Å². The Morgan fingerprint density at radius 2 is 2.13 bits per heavy atom. The van der Waals surface area contributed by atoms with Crippen LogP contribution in [-0.4, -0.2) is 29.0 Å². The first-order chi connectivity index (χ1) is 11.2. The molecule has 2 rings (SSSR count). The third-order valence-electron chi connectivity index (χ3n) is 3.43. The average Bonchev–Trinajstić information content (AvgIpc) is 3.02. The molecule has 2 aromatic rings. The molecule has 2 N–H and O–H groups in total. The van der Waals surface area contributed by atoms with Gasteiger partial charge in [-0.15, -0.1) is 11.3 Å². The number of nitrogens with zero attached hydrogens (tertiary/aromatic N) is 3. The Morgan fingerprint density at radius 1 is 1.26 bits per heavy atom. The van der Waals surface area contributed by atoms with E-state index in [1.54, 1.807) is 11.3 Å². The number of nitrogens with one attached hydrogen (secondary N) is 2. The summed E-state index contributed by atoms with van der Waals surface area (Å²) >= 11 is 1.79. The first-order valence-electron chi connectivity index (χ1n) is 8.09. The van der Waals surface area contributed by atoms with Gasteiger partial charge in [-0.3, -0.25) is 4.98 Å². The molecule has 6 heteroatoms. The van der Waals surface area contributed by atoms with Crippen molar-refractivity contribution in [3.05, 3.63) is 45.7 Å². The van der Waals surface area contributed by atoms with Crippen molar-refractivity contribution < 1.29 is 0 Å². The minimum Gasteiger partial charge on any atom is -0.357 e.